The number of nitrogens with two attached hydrogens (primary N) is 1. The number of hydrogen-bond donors (Lipinski definition) is 2. The number of H-pyrrole nitrogens is 1. The first kappa shape index (κ1) is 7.26. The lowest BCUT2D eigenvalue weighted by Crippen LogP contribution is -2.11. The van der Waals surface area contributed by atoms with Crippen molar-refractivity contribution in [3.63, 3.8) is 0 Å². The van der Waals surface area contributed by atoms with Gasteiger partial charge in [-0.1, -0.05) is 0 Å². The molecule has 0 spiro atoms. The number of rotatable bonds is 2. The summed E-state index contributed by atoms with van der Waals surface area (Å²) in [5, 5.41) is 10.1. The number of nitro groups is 1. The van der Waals surface area contributed by atoms with Crippen molar-refractivity contribution in [2.45, 2.75) is 0 Å². The molecule has 1 aromatic rings. The largest absolute Gasteiger partial charge is 0.362 e. The van der Waals surface area contributed by atoms with Crippen molar-refractivity contribution >= 4 is 11.7 Å². The van der Waals surface area contributed by atoms with Crippen molar-refractivity contribution in [1.82, 2.24) is 4.98 Å². The molecule has 6 heteroatoms. The first-order valence-corrected chi connectivity index (χ1v) is 2.74. The lowest BCUT2D eigenvalue weighted by molar-refractivity contribution is -0.389. The van der Waals surface area contributed by atoms with Crippen LogP contribution < -0.4 is 5.73 Å². The Morgan fingerprint density at radius 3 is 2.55 bits per heavy atom. The molecule has 0 radical (unpaired) electrons. The summed E-state index contributed by atoms with van der Waals surface area (Å²) in [6.07, 6.45) is 0. The number of nitrogens with one attached hydrogen (secondary N) is 1. The number of aromatic amines is 1. The first-order chi connectivity index (χ1) is 5.11. The molecule has 6 nitrogen and oxygen atoms in total. The van der Waals surface area contributed by atoms with Crippen LogP contribution in [0.15, 0.2) is 12.1 Å². The standard InChI is InChI=1S/C5H5N3O3/c6-5(9)3-1-2-4(7-3)8(10)11/h1-2,7H,(H2,6,9). The maximum Gasteiger partial charge on any atom is 0.321 e. The summed E-state index contributed by atoms with van der Waals surface area (Å²) in [6, 6.07) is 2.44. The van der Waals surface area contributed by atoms with Crippen molar-refractivity contribution in [1.29, 1.82) is 0 Å². The van der Waals surface area contributed by atoms with Crippen LogP contribution in [0.25, 0.3) is 0 Å². The van der Waals surface area contributed by atoms with Crippen LogP contribution in [0.3, 0.4) is 0 Å². The fraction of sp³-hybridized carbons (Fsp3) is 0. The van der Waals surface area contributed by atoms with E-state index in [1.807, 2.05) is 0 Å². The fourth-order valence-corrected chi connectivity index (χ4v) is 0.634. The highest BCUT2D eigenvalue weighted by Gasteiger charge is 2.11. The van der Waals surface area contributed by atoms with E-state index in [2.05, 4.69) is 4.98 Å². The van der Waals surface area contributed by atoms with Gasteiger partial charge in [0.25, 0.3) is 5.91 Å². The normalized spacial score (nSPS) is 9.45. The highest BCUT2D eigenvalue weighted by molar-refractivity contribution is 5.91. The van der Waals surface area contributed by atoms with Gasteiger partial charge in [-0.25, -0.2) is 4.98 Å². The topological polar surface area (TPSA) is 102 Å². The van der Waals surface area contributed by atoms with Gasteiger partial charge in [-0.2, -0.15) is 0 Å². The van der Waals surface area contributed by atoms with Crippen LogP contribution in [0.4, 0.5) is 5.82 Å². The zero-order valence-corrected chi connectivity index (χ0v) is 5.40. The third-order valence-electron chi connectivity index (χ3n) is 1.13. The summed E-state index contributed by atoms with van der Waals surface area (Å²) in [5.74, 6) is -0.947. The van der Waals surface area contributed by atoms with Gasteiger partial charge >= 0.3 is 5.82 Å². The zero-order chi connectivity index (χ0) is 8.43. The van der Waals surface area contributed by atoms with Crippen molar-refractivity contribution in [2.75, 3.05) is 0 Å². The third kappa shape index (κ3) is 1.34. The molecule has 1 rings (SSSR count). The summed E-state index contributed by atoms with van der Waals surface area (Å²) >= 11 is 0. The number of nitrogens with zero attached hydrogens (tertiary/aromatic N) is 1. The molecule has 3 N–H and O–H groups in total. The Balaban J connectivity index is 2.99. The minimum Gasteiger partial charge on any atom is -0.362 e. The molecule has 58 valence electrons. The molecule has 0 aliphatic carbocycles. The average molecular weight is 155 g/mol. The van der Waals surface area contributed by atoms with E-state index < -0.39 is 10.8 Å². The zero-order valence-electron chi connectivity index (χ0n) is 5.40. The van der Waals surface area contributed by atoms with E-state index in [1.165, 1.54) is 12.1 Å². The molecule has 0 bridgehead atoms. The Hall–Kier alpha value is -1.85. The van der Waals surface area contributed by atoms with E-state index in [0.29, 0.717) is 0 Å². The summed E-state index contributed by atoms with van der Waals surface area (Å²) in [4.78, 5) is 22.1. The molecular formula is C5H5N3O3. The first-order valence-electron chi connectivity index (χ1n) is 2.74. The Bertz CT molecular complexity index is 275. The van der Waals surface area contributed by atoms with Crippen LogP contribution in [0, 0.1) is 10.1 Å². The van der Waals surface area contributed by atoms with Crippen molar-refractivity contribution in [3.8, 4) is 0 Å². The Kier molecular flexibility index (Phi) is 1.59. The van der Waals surface area contributed by atoms with Gasteiger partial charge in [0.2, 0.25) is 0 Å². The Labute approximate surface area is 61.2 Å². The maximum atomic E-state index is 10.4. The van der Waals surface area contributed by atoms with Gasteiger partial charge in [0.1, 0.15) is 0 Å². The molecule has 0 aliphatic rings. The van der Waals surface area contributed by atoms with Gasteiger partial charge in [0, 0.05) is 6.07 Å². The Morgan fingerprint density at radius 2 is 2.27 bits per heavy atom. The predicted molar refractivity (Wildman–Crippen MR) is 36.0 cm³/mol. The van der Waals surface area contributed by atoms with Gasteiger partial charge in [0.05, 0.1) is 0 Å². The SMILES string of the molecule is NC(=O)c1ccc([N+](=O)[O-])[nH]1. The van der Waals surface area contributed by atoms with E-state index in [0.717, 1.165) is 0 Å². The molecule has 0 atom stereocenters. The van der Waals surface area contributed by atoms with Crippen molar-refractivity contribution in [3.05, 3.63) is 27.9 Å². The van der Waals surface area contributed by atoms with E-state index >= 15 is 0 Å². The highest BCUT2D eigenvalue weighted by atomic mass is 16.6. The van der Waals surface area contributed by atoms with Gasteiger partial charge in [-0.3, -0.25) is 4.79 Å². The van der Waals surface area contributed by atoms with Crippen LogP contribution in [0.2, 0.25) is 0 Å². The van der Waals surface area contributed by atoms with Gasteiger partial charge in [0.15, 0.2) is 5.69 Å². The molecule has 1 aromatic heterocycles. The molecular weight excluding hydrogens is 150 g/mol. The van der Waals surface area contributed by atoms with E-state index in [-0.39, 0.29) is 11.5 Å². The van der Waals surface area contributed by atoms with Gasteiger partial charge < -0.3 is 15.8 Å². The number of hydrogen-bond acceptors (Lipinski definition) is 3. The molecule has 0 aliphatic heterocycles. The lowest BCUT2D eigenvalue weighted by atomic mass is 10.4. The Morgan fingerprint density at radius 1 is 1.64 bits per heavy atom. The van der Waals surface area contributed by atoms with Crippen LogP contribution >= 0.6 is 0 Å². The van der Waals surface area contributed by atoms with Gasteiger partial charge in [-0.15, -0.1) is 0 Å². The quantitative estimate of drug-likeness (QED) is 0.464. The van der Waals surface area contributed by atoms with Crippen molar-refractivity contribution in [2.24, 2.45) is 5.73 Å². The third-order valence-corrected chi connectivity index (χ3v) is 1.13. The van der Waals surface area contributed by atoms with Crippen LogP contribution in [0.1, 0.15) is 10.5 Å². The van der Waals surface area contributed by atoms with Crippen molar-refractivity contribution < 1.29 is 9.72 Å². The molecule has 0 saturated carbocycles. The lowest BCUT2D eigenvalue weighted by Gasteiger charge is -1.86. The number of aromatic nitrogens is 1. The smallest absolute Gasteiger partial charge is 0.321 e. The highest BCUT2D eigenvalue weighted by Crippen LogP contribution is 2.08. The molecule has 11 heavy (non-hydrogen) atoms. The second-order valence-electron chi connectivity index (χ2n) is 1.88. The number of carbonyl (C=O) groups is 1. The molecule has 1 heterocycles. The fourth-order valence-electron chi connectivity index (χ4n) is 0.634. The molecule has 0 aromatic carbocycles. The van der Waals surface area contributed by atoms with E-state index in [1.54, 1.807) is 0 Å². The maximum absolute atomic E-state index is 10.4. The minimum absolute atomic E-state index is 0.0386. The summed E-state index contributed by atoms with van der Waals surface area (Å²) < 4.78 is 0. The monoisotopic (exact) mass is 155 g/mol. The van der Waals surface area contributed by atoms with E-state index in [9.17, 15) is 14.9 Å². The summed E-state index contributed by atoms with van der Waals surface area (Å²) in [6.45, 7) is 0. The molecule has 0 saturated heterocycles. The molecule has 0 unspecified atom stereocenters. The average Bonchev–Trinajstić information content (AvgIpc) is 2.33. The number of amides is 1. The van der Waals surface area contributed by atoms with Crippen LogP contribution in [-0.4, -0.2) is 15.8 Å². The van der Waals surface area contributed by atoms with Crippen LogP contribution in [-0.2, 0) is 0 Å². The summed E-state index contributed by atoms with van der Waals surface area (Å²) in [5.41, 5.74) is 4.87. The minimum atomic E-state index is -0.710. The van der Waals surface area contributed by atoms with Crippen LogP contribution in [0.5, 0.6) is 0 Å². The molecule has 0 fully saturated rings. The second-order valence-corrected chi connectivity index (χ2v) is 1.88. The summed E-state index contributed by atoms with van der Waals surface area (Å²) in [7, 11) is 0. The van der Waals surface area contributed by atoms with Gasteiger partial charge in [-0.05, 0) is 11.0 Å². The molecule has 1 amide bonds. The second kappa shape index (κ2) is 2.41. The predicted octanol–water partition coefficient (Wildman–Crippen LogP) is 0.0218. The van der Waals surface area contributed by atoms with E-state index in [4.69, 9.17) is 5.73 Å². The number of carbonyl (C=O) groups excluding carboxylic acids is 1. The number of primary amides is 1.